The molecule has 2 aliphatic rings. The molecule has 0 aromatic heterocycles. The predicted octanol–water partition coefficient (Wildman–Crippen LogP) is 2.93. The third-order valence-corrected chi connectivity index (χ3v) is 6.97. The number of nitrogens with zero attached hydrogens (tertiary/aromatic N) is 4. The minimum Gasteiger partial charge on any atom is -0.342 e. The SMILES string of the molecule is C=C1c2ccccc2C(=O)N1C(C)C(=O)N(C)CCN(C)C(=O)C(C)N1C(=C)c2ccccc2C1=O. The van der Waals surface area contributed by atoms with Gasteiger partial charge in [0.15, 0.2) is 0 Å². The lowest BCUT2D eigenvalue weighted by Crippen LogP contribution is -2.49. The smallest absolute Gasteiger partial charge is 0.259 e. The Kier molecular flexibility index (Phi) is 6.54. The molecule has 0 saturated heterocycles. The summed E-state index contributed by atoms with van der Waals surface area (Å²) in [5, 5.41) is 0. The van der Waals surface area contributed by atoms with Crippen molar-refractivity contribution in [3.05, 3.63) is 83.9 Å². The number of fused-ring (bicyclic) bond motifs is 2. The van der Waals surface area contributed by atoms with Crippen molar-refractivity contribution in [1.82, 2.24) is 19.6 Å². The molecule has 2 unspecified atom stereocenters. The monoisotopic (exact) mass is 486 g/mol. The fraction of sp³-hybridized carbons (Fsp3) is 0.286. The van der Waals surface area contributed by atoms with Crippen molar-refractivity contribution >= 4 is 35.0 Å². The zero-order valence-electron chi connectivity index (χ0n) is 21.0. The van der Waals surface area contributed by atoms with Crippen LogP contribution < -0.4 is 0 Å². The quantitative estimate of drug-likeness (QED) is 0.603. The standard InChI is InChI=1S/C28H30N4O4/c1-17-21-11-7-9-13-23(21)27(35)31(17)19(3)25(33)29(5)15-16-30(6)26(34)20(4)32-18(2)22-12-8-10-14-24(22)28(32)36/h7-14,19-20H,1-2,15-16H2,3-6H3. The molecule has 0 radical (unpaired) electrons. The van der Waals surface area contributed by atoms with Crippen LogP contribution in [0, 0.1) is 0 Å². The van der Waals surface area contributed by atoms with Gasteiger partial charge in [-0.05, 0) is 26.0 Å². The molecule has 36 heavy (non-hydrogen) atoms. The maximum absolute atomic E-state index is 13.1. The summed E-state index contributed by atoms with van der Waals surface area (Å²) in [6.07, 6.45) is 0. The van der Waals surface area contributed by atoms with Crippen LogP contribution in [0.2, 0.25) is 0 Å². The highest BCUT2D eigenvalue weighted by atomic mass is 16.2. The second-order valence-corrected chi connectivity index (χ2v) is 9.21. The summed E-state index contributed by atoms with van der Waals surface area (Å²) in [4.78, 5) is 57.8. The van der Waals surface area contributed by atoms with Gasteiger partial charge in [-0.2, -0.15) is 0 Å². The number of carbonyl (C=O) groups is 4. The Balaban J connectivity index is 1.36. The van der Waals surface area contributed by atoms with Crippen molar-refractivity contribution in [1.29, 1.82) is 0 Å². The van der Waals surface area contributed by atoms with E-state index in [1.54, 1.807) is 52.2 Å². The first-order chi connectivity index (χ1) is 17.1. The number of rotatable bonds is 7. The zero-order chi connectivity index (χ0) is 26.3. The molecule has 0 N–H and O–H groups in total. The Morgan fingerprint density at radius 3 is 1.31 bits per heavy atom. The van der Waals surface area contributed by atoms with Crippen molar-refractivity contribution in [2.75, 3.05) is 27.2 Å². The fourth-order valence-corrected chi connectivity index (χ4v) is 4.81. The van der Waals surface area contributed by atoms with Crippen LogP contribution in [-0.4, -0.2) is 82.5 Å². The van der Waals surface area contributed by atoms with Gasteiger partial charge in [-0.3, -0.25) is 29.0 Å². The molecular formula is C28H30N4O4. The molecule has 186 valence electrons. The van der Waals surface area contributed by atoms with E-state index in [2.05, 4.69) is 13.2 Å². The zero-order valence-corrected chi connectivity index (χ0v) is 21.0. The maximum Gasteiger partial charge on any atom is 0.259 e. The van der Waals surface area contributed by atoms with E-state index >= 15 is 0 Å². The normalized spacial score (nSPS) is 16.1. The molecule has 0 aliphatic carbocycles. The highest BCUT2D eigenvalue weighted by Gasteiger charge is 2.39. The van der Waals surface area contributed by atoms with E-state index in [0.29, 0.717) is 22.5 Å². The van der Waals surface area contributed by atoms with Gasteiger partial charge < -0.3 is 9.80 Å². The maximum atomic E-state index is 13.1. The molecule has 8 nitrogen and oxygen atoms in total. The molecule has 2 heterocycles. The van der Waals surface area contributed by atoms with Gasteiger partial charge in [0.25, 0.3) is 11.8 Å². The average molecular weight is 487 g/mol. The van der Waals surface area contributed by atoms with Crippen LogP contribution in [0.4, 0.5) is 0 Å². The minimum absolute atomic E-state index is 0.248. The van der Waals surface area contributed by atoms with Gasteiger partial charge in [-0.1, -0.05) is 49.6 Å². The largest absolute Gasteiger partial charge is 0.342 e. The van der Waals surface area contributed by atoms with Crippen LogP contribution >= 0.6 is 0 Å². The van der Waals surface area contributed by atoms with Crippen molar-refractivity contribution in [2.45, 2.75) is 25.9 Å². The van der Waals surface area contributed by atoms with Crippen LogP contribution in [0.5, 0.6) is 0 Å². The lowest BCUT2D eigenvalue weighted by molar-refractivity contribution is -0.136. The molecule has 2 aromatic carbocycles. The number of likely N-dealkylation sites (N-methyl/N-ethyl adjacent to an activating group) is 2. The van der Waals surface area contributed by atoms with Crippen LogP contribution in [0.15, 0.2) is 61.7 Å². The summed E-state index contributed by atoms with van der Waals surface area (Å²) in [5.74, 6) is -1.01. The van der Waals surface area contributed by atoms with Gasteiger partial charge in [-0.15, -0.1) is 0 Å². The van der Waals surface area contributed by atoms with Crippen molar-refractivity contribution in [2.24, 2.45) is 0 Å². The van der Waals surface area contributed by atoms with Crippen molar-refractivity contribution in [3.8, 4) is 0 Å². The van der Waals surface area contributed by atoms with Gasteiger partial charge in [0.2, 0.25) is 11.8 Å². The lowest BCUT2D eigenvalue weighted by atomic mass is 10.1. The number of benzene rings is 2. The van der Waals surface area contributed by atoms with Crippen LogP contribution in [0.1, 0.15) is 45.7 Å². The second-order valence-electron chi connectivity index (χ2n) is 9.21. The Bertz CT molecular complexity index is 1130. The number of carbonyl (C=O) groups excluding carboxylic acids is 4. The van der Waals surface area contributed by atoms with Gasteiger partial charge in [0, 0.05) is 60.8 Å². The summed E-state index contributed by atoms with van der Waals surface area (Å²) < 4.78 is 0. The average Bonchev–Trinajstić information content (AvgIpc) is 3.29. The third kappa shape index (κ3) is 3.98. The summed E-state index contributed by atoms with van der Waals surface area (Å²) in [6, 6.07) is 12.8. The first-order valence-electron chi connectivity index (χ1n) is 11.8. The Hall–Kier alpha value is -4.20. The first-order valence-corrected chi connectivity index (χ1v) is 11.8. The van der Waals surface area contributed by atoms with Crippen LogP contribution in [0.25, 0.3) is 11.4 Å². The Morgan fingerprint density at radius 1 is 0.694 bits per heavy atom. The van der Waals surface area contributed by atoms with Gasteiger partial charge in [0.05, 0.1) is 0 Å². The van der Waals surface area contributed by atoms with E-state index in [1.165, 1.54) is 19.6 Å². The number of amides is 4. The first kappa shape index (κ1) is 24.9. The molecule has 4 amide bonds. The lowest BCUT2D eigenvalue weighted by Gasteiger charge is -2.31. The fourth-order valence-electron chi connectivity index (χ4n) is 4.81. The van der Waals surface area contributed by atoms with Gasteiger partial charge in [-0.25, -0.2) is 0 Å². The third-order valence-electron chi connectivity index (χ3n) is 6.97. The molecule has 2 atom stereocenters. The van der Waals surface area contributed by atoms with E-state index in [0.717, 1.165) is 11.1 Å². The molecular weight excluding hydrogens is 456 g/mol. The van der Waals surface area contributed by atoms with Crippen LogP contribution in [-0.2, 0) is 9.59 Å². The van der Waals surface area contributed by atoms with E-state index in [-0.39, 0.29) is 36.7 Å². The van der Waals surface area contributed by atoms with Crippen molar-refractivity contribution < 1.29 is 19.2 Å². The molecule has 2 aromatic rings. The van der Waals surface area contributed by atoms with Gasteiger partial charge in [0.1, 0.15) is 12.1 Å². The predicted molar refractivity (Wildman–Crippen MR) is 137 cm³/mol. The minimum atomic E-state index is -0.744. The van der Waals surface area contributed by atoms with E-state index < -0.39 is 12.1 Å². The molecule has 0 fully saturated rings. The molecule has 2 aliphatic heterocycles. The molecule has 0 bridgehead atoms. The van der Waals surface area contributed by atoms with E-state index in [9.17, 15) is 19.2 Å². The summed E-state index contributed by atoms with van der Waals surface area (Å²) in [6.45, 7) is 11.9. The second kappa shape index (κ2) is 9.45. The van der Waals surface area contributed by atoms with E-state index in [1.807, 2.05) is 24.3 Å². The summed E-state index contributed by atoms with van der Waals surface area (Å²) >= 11 is 0. The van der Waals surface area contributed by atoms with Gasteiger partial charge >= 0.3 is 0 Å². The molecule has 0 saturated carbocycles. The Morgan fingerprint density at radius 2 is 1.00 bits per heavy atom. The molecule has 4 rings (SSSR count). The van der Waals surface area contributed by atoms with Crippen molar-refractivity contribution in [3.63, 3.8) is 0 Å². The molecule has 0 spiro atoms. The molecule has 8 heteroatoms. The topological polar surface area (TPSA) is 81.2 Å². The Labute approximate surface area is 211 Å². The number of hydrogen-bond acceptors (Lipinski definition) is 4. The van der Waals surface area contributed by atoms with Crippen LogP contribution in [0.3, 0.4) is 0 Å². The highest BCUT2D eigenvalue weighted by molar-refractivity contribution is 6.11. The summed E-state index contributed by atoms with van der Waals surface area (Å²) in [7, 11) is 3.28. The highest BCUT2D eigenvalue weighted by Crippen LogP contribution is 2.34. The van der Waals surface area contributed by atoms with E-state index in [4.69, 9.17) is 0 Å². The number of hydrogen-bond donors (Lipinski definition) is 0. The summed E-state index contributed by atoms with van der Waals surface area (Å²) in [5.41, 5.74) is 3.52.